The SMILES string of the molecule is CC(C)(OC(=O)CC(N)C(=O)O)c1ccccc1. The molecule has 98 valence electrons. The smallest absolute Gasteiger partial charge is 0.321 e. The van der Waals surface area contributed by atoms with Gasteiger partial charge in [0.2, 0.25) is 0 Å². The molecule has 5 heteroatoms. The van der Waals surface area contributed by atoms with E-state index in [1.165, 1.54) is 0 Å². The molecule has 3 N–H and O–H groups in total. The van der Waals surface area contributed by atoms with E-state index in [1.54, 1.807) is 13.8 Å². The van der Waals surface area contributed by atoms with Crippen molar-refractivity contribution in [3.63, 3.8) is 0 Å². The van der Waals surface area contributed by atoms with E-state index < -0.39 is 23.6 Å². The molecular weight excluding hydrogens is 234 g/mol. The van der Waals surface area contributed by atoms with E-state index >= 15 is 0 Å². The molecule has 0 fully saturated rings. The Balaban J connectivity index is 2.66. The Hall–Kier alpha value is -1.88. The van der Waals surface area contributed by atoms with Crippen LogP contribution < -0.4 is 5.73 Å². The first kappa shape index (κ1) is 14.2. The van der Waals surface area contributed by atoms with Gasteiger partial charge in [-0.2, -0.15) is 0 Å². The molecule has 1 aromatic rings. The third-order valence-corrected chi connectivity index (χ3v) is 2.54. The van der Waals surface area contributed by atoms with Gasteiger partial charge in [-0.05, 0) is 19.4 Å². The lowest BCUT2D eigenvalue weighted by atomic mass is 9.98. The fraction of sp³-hybridized carbons (Fsp3) is 0.385. The zero-order chi connectivity index (χ0) is 13.8. The van der Waals surface area contributed by atoms with Gasteiger partial charge in [0.05, 0.1) is 6.42 Å². The lowest BCUT2D eigenvalue weighted by Crippen LogP contribution is -2.35. The molecule has 18 heavy (non-hydrogen) atoms. The van der Waals surface area contributed by atoms with Crippen LogP contribution in [0.3, 0.4) is 0 Å². The summed E-state index contributed by atoms with van der Waals surface area (Å²) in [4.78, 5) is 22.1. The van der Waals surface area contributed by atoms with E-state index in [4.69, 9.17) is 15.6 Å². The highest BCUT2D eigenvalue weighted by atomic mass is 16.6. The Morgan fingerprint density at radius 2 is 1.89 bits per heavy atom. The highest BCUT2D eigenvalue weighted by Crippen LogP contribution is 2.24. The normalized spacial score (nSPS) is 12.8. The Labute approximate surface area is 106 Å². The van der Waals surface area contributed by atoms with E-state index in [2.05, 4.69) is 0 Å². The second-order valence-electron chi connectivity index (χ2n) is 4.50. The van der Waals surface area contributed by atoms with E-state index in [0.29, 0.717) is 0 Å². The van der Waals surface area contributed by atoms with Crippen LogP contribution in [0, 0.1) is 0 Å². The highest BCUT2D eigenvalue weighted by Gasteiger charge is 2.27. The summed E-state index contributed by atoms with van der Waals surface area (Å²) in [5.74, 6) is -1.84. The number of carboxylic acids is 1. The van der Waals surface area contributed by atoms with E-state index in [-0.39, 0.29) is 6.42 Å². The van der Waals surface area contributed by atoms with Gasteiger partial charge in [-0.25, -0.2) is 0 Å². The second-order valence-corrected chi connectivity index (χ2v) is 4.50. The summed E-state index contributed by atoms with van der Waals surface area (Å²) < 4.78 is 5.26. The standard InChI is InChI=1S/C13H17NO4/c1-13(2,9-6-4-3-5-7-9)18-11(15)8-10(14)12(16)17/h3-7,10H,8,14H2,1-2H3,(H,16,17). The quantitative estimate of drug-likeness (QED) is 0.769. The van der Waals surface area contributed by atoms with Crippen LogP contribution >= 0.6 is 0 Å². The van der Waals surface area contributed by atoms with Crippen molar-refractivity contribution >= 4 is 11.9 Å². The van der Waals surface area contributed by atoms with Crippen LogP contribution in [0.4, 0.5) is 0 Å². The van der Waals surface area contributed by atoms with Crippen molar-refractivity contribution in [3.05, 3.63) is 35.9 Å². The van der Waals surface area contributed by atoms with Crippen LogP contribution in [0.25, 0.3) is 0 Å². The van der Waals surface area contributed by atoms with Gasteiger partial charge < -0.3 is 15.6 Å². The van der Waals surface area contributed by atoms with Crippen LogP contribution in [-0.2, 0) is 19.9 Å². The molecule has 0 spiro atoms. The zero-order valence-corrected chi connectivity index (χ0v) is 10.4. The van der Waals surface area contributed by atoms with Crippen molar-refractivity contribution < 1.29 is 19.4 Å². The lowest BCUT2D eigenvalue weighted by molar-refractivity contribution is -0.160. The second kappa shape index (κ2) is 5.64. The molecule has 0 aliphatic rings. The highest BCUT2D eigenvalue weighted by molar-refractivity contribution is 5.81. The van der Waals surface area contributed by atoms with Crippen molar-refractivity contribution in [2.24, 2.45) is 5.73 Å². The van der Waals surface area contributed by atoms with Crippen molar-refractivity contribution in [1.29, 1.82) is 0 Å². The molecule has 0 saturated carbocycles. The summed E-state index contributed by atoms with van der Waals surface area (Å²) in [6, 6.07) is 7.99. The minimum atomic E-state index is -1.23. The van der Waals surface area contributed by atoms with E-state index in [0.717, 1.165) is 5.56 Å². The molecule has 1 rings (SSSR count). The van der Waals surface area contributed by atoms with Gasteiger partial charge in [-0.3, -0.25) is 9.59 Å². The minimum Gasteiger partial charge on any atom is -0.480 e. The largest absolute Gasteiger partial charge is 0.480 e. The predicted octanol–water partition coefficient (Wildman–Crippen LogP) is 1.27. The maximum Gasteiger partial charge on any atom is 0.321 e. The van der Waals surface area contributed by atoms with Crippen molar-refractivity contribution in [2.75, 3.05) is 0 Å². The Morgan fingerprint density at radius 1 is 1.33 bits per heavy atom. The number of carbonyl (C=O) groups is 2. The molecule has 0 aliphatic heterocycles. The average Bonchev–Trinajstić information content (AvgIpc) is 2.29. The molecule has 0 aliphatic carbocycles. The first-order valence-electron chi connectivity index (χ1n) is 5.58. The Kier molecular flexibility index (Phi) is 4.44. The monoisotopic (exact) mass is 251 g/mol. The number of aliphatic carboxylic acids is 1. The molecule has 5 nitrogen and oxygen atoms in total. The van der Waals surface area contributed by atoms with Gasteiger partial charge in [-0.1, -0.05) is 30.3 Å². The van der Waals surface area contributed by atoms with Gasteiger partial charge in [0.1, 0.15) is 11.6 Å². The minimum absolute atomic E-state index is 0.342. The fourth-order valence-corrected chi connectivity index (χ4v) is 1.49. The molecular formula is C13H17NO4. The van der Waals surface area contributed by atoms with Crippen LogP contribution in [0.1, 0.15) is 25.8 Å². The molecule has 0 aromatic heterocycles. The molecule has 0 saturated heterocycles. The number of benzene rings is 1. The van der Waals surface area contributed by atoms with Crippen molar-refractivity contribution in [1.82, 2.24) is 0 Å². The third kappa shape index (κ3) is 3.85. The molecule has 0 bridgehead atoms. The van der Waals surface area contributed by atoms with Crippen molar-refractivity contribution in [3.8, 4) is 0 Å². The molecule has 0 heterocycles. The van der Waals surface area contributed by atoms with Crippen LogP contribution in [0.15, 0.2) is 30.3 Å². The summed E-state index contributed by atoms with van der Waals surface area (Å²) in [5, 5.41) is 8.61. The number of nitrogens with two attached hydrogens (primary N) is 1. The van der Waals surface area contributed by atoms with E-state index in [9.17, 15) is 9.59 Å². The Morgan fingerprint density at radius 3 is 2.39 bits per heavy atom. The van der Waals surface area contributed by atoms with Gasteiger partial charge in [0.25, 0.3) is 0 Å². The number of hydrogen-bond acceptors (Lipinski definition) is 4. The van der Waals surface area contributed by atoms with Gasteiger partial charge >= 0.3 is 11.9 Å². The lowest BCUT2D eigenvalue weighted by Gasteiger charge is -2.26. The average molecular weight is 251 g/mol. The van der Waals surface area contributed by atoms with Crippen LogP contribution in [0.5, 0.6) is 0 Å². The Bertz CT molecular complexity index is 428. The number of carbonyl (C=O) groups excluding carboxylic acids is 1. The number of rotatable bonds is 5. The summed E-state index contributed by atoms with van der Waals surface area (Å²) in [6.07, 6.45) is -0.342. The number of esters is 1. The third-order valence-electron chi connectivity index (χ3n) is 2.54. The predicted molar refractivity (Wildman–Crippen MR) is 65.8 cm³/mol. The summed E-state index contributed by atoms with van der Waals surface area (Å²) in [6.45, 7) is 3.49. The molecule has 0 amide bonds. The first-order chi connectivity index (χ1) is 8.33. The number of hydrogen-bond donors (Lipinski definition) is 2. The van der Waals surface area contributed by atoms with Gasteiger partial charge in [0, 0.05) is 0 Å². The molecule has 1 atom stereocenters. The summed E-state index contributed by atoms with van der Waals surface area (Å²) in [5.41, 5.74) is 5.30. The van der Waals surface area contributed by atoms with Crippen molar-refractivity contribution in [2.45, 2.75) is 31.9 Å². The first-order valence-corrected chi connectivity index (χ1v) is 5.58. The summed E-state index contributed by atoms with van der Waals surface area (Å²) in [7, 11) is 0. The zero-order valence-electron chi connectivity index (χ0n) is 10.4. The number of ether oxygens (including phenoxy) is 1. The van der Waals surface area contributed by atoms with Gasteiger partial charge in [0.15, 0.2) is 0 Å². The molecule has 1 aromatic carbocycles. The van der Waals surface area contributed by atoms with Crippen LogP contribution in [-0.4, -0.2) is 23.1 Å². The fourth-order valence-electron chi connectivity index (χ4n) is 1.49. The topological polar surface area (TPSA) is 89.6 Å². The maximum absolute atomic E-state index is 11.6. The number of carboxylic acid groups (broad SMARTS) is 1. The van der Waals surface area contributed by atoms with E-state index in [1.807, 2.05) is 30.3 Å². The molecule has 1 unspecified atom stereocenters. The maximum atomic E-state index is 11.6. The van der Waals surface area contributed by atoms with Gasteiger partial charge in [-0.15, -0.1) is 0 Å². The van der Waals surface area contributed by atoms with Crippen LogP contribution in [0.2, 0.25) is 0 Å². The molecule has 0 radical (unpaired) electrons. The summed E-state index contributed by atoms with van der Waals surface area (Å²) >= 11 is 0.